The van der Waals surface area contributed by atoms with Crippen molar-refractivity contribution in [1.29, 1.82) is 0 Å². The van der Waals surface area contributed by atoms with E-state index in [-0.39, 0.29) is 5.91 Å². The summed E-state index contributed by atoms with van der Waals surface area (Å²) in [5.41, 5.74) is 2.03. The highest BCUT2D eigenvalue weighted by molar-refractivity contribution is 9.10. The number of fused-ring (bicyclic) bond motifs is 1. The Labute approximate surface area is 144 Å². The van der Waals surface area contributed by atoms with Crippen LogP contribution in [0.5, 0.6) is 0 Å². The van der Waals surface area contributed by atoms with Crippen molar-refractivity contribution < 1.29 is 4.79 Å². The Morgan fingerprint density at radius 3 is 2.74 bits per heavy atom. The molecule has 1 amide bonds. The van der Waals surface area contributed by atoms with Gasteiger partial charge in [0.15, 0.2) is 0 Å². The Kier molecular flexibility index (Phi) is 4.68. The van der Waals surface area contributed by atoms with Crippen LogP contribution in [0.4, 0.5) is 0 Å². The fourth-order valence-corrected chi connectivity index (χ4v) is 3.80. The largest absolute Gasteiger partial charge is 0.348 e. The number of amides is 1. The summed E-state index contributed by atoms with van der Waals surface area (Å²) in [7, 11) is 3.61. The summed E-state index contributed by atoms with van der Waals surface area (Å²) in [5, 5.41) is 0. The third-order valence-corrected chi connectivity index (χ3v) is 5.09. The number of hydrogen-bond acceptors (Lipinski definition) is 4. The first kappa shape index (κ1) is 16.4. The first-order chi connectivity index (χ1) is 11.0. The zero-order chi connectivity index (χ0) is 16.6. The Morgan fingerprint density at radius 1 is 1.39 bits per heavy atom. The minimum atomic E-state index is 0.166. The average Bonchev–Trinajstić information content (AvgIpc) is 2.86. The van der Waals surface area contributed by atoms with Crippen LogP contribution in [-0.2, 0) is 4.79 Å². The molecule has 0 saturated carbocycles. The lowest BCUT2D eigenvalue weighted by Crippen LogP contribution is -2.40. The molecule has 0 aliphatic carbocycles. The van der Waals surface area contributed by atoms with E-state index in [4.69, 9.17) is 4.98 Å². The molecule has 1 aliphatic heterocycles. The van der Waals surface area contributed by atoms with Crippen molar-refractivity contribution in [1.82, 2.24) is 24.2 Å². The van der Waals surface area contributed by atoms with E-state index < -0.39 is 0 Å². The highest BCUT2D eigenvalue weighted by atomic mass is 79.9. The Balaban J connectivity index is 1.74. The van der Waals surface area contributed by atoms with Gasteiger partial charge in [0.1, 0.15) is 15.9 Å². The number of carbonyl (C=O) groups is 1. The lowest BCUT2D eigenvalue weighted by molar-refractivity contribution is -0.130. The van der Waals surface area contributed by atoms with Crippen LogP contribution in [0.1, 0.15) is 30.3 Å². The van der Waals surface area contributed by atoms with Crippen LogP contribution in [0.25, 0.3) is 5.52 Å². The molecule has 0 bridgehead atoms. The van der Waals surface area contributed by atoms with E-state index in [9.17, 15) is 4.79 Å². The lowest BCUT2D eigenvalue weighted by atomic mass is 9.96. The van der Waals surface area contributed by atoms with Gasteiger partial charge in [-0.1, -0.05) is 0 Å². The van der Waals surface area contributed by atoms with Crippen LogP contribution in [0, 0.1) is 6.92 Å². The van der Waals surface area contributed by atoms with E-state index in [2.05, 4.69) is 30.2 Å². The summed E-state index contributed by atoms with van der Waals surface area (Å²) in [4.78, 5) is 24.8. The van der Waals surface area contributed by atoms with Gasteiger partial charge in [0, 0.05) is 32.4 Å². The molecular formula is C16H22BrN5O. The van der Waals surface area contributed by atoms with E-state index >= 15 is 0 Å². The molecular weight excluding hydrogens is 358 g/mol. The van der Waals surface area contributed by atoms with E-state index in [0.717, 1.165) is 47.6 Å². The van der Waals surface area contributed by atoms with Crippen LogP contribution < -0.4 is 0 Å². The van der Waals surface area contributed by atoms with Crippen LogP contribution >= 0.6 is 15.9 Å². The first-order valence-corrected chi connectivity index (χ1v) is 8.68. The first-order valence-electron chi connectivity index (χ1n) is 7.89. The molecule has 0 unspecified atom stereocenters. The molecule has 124 valence electrons. The number of carbonyl (C=O) groups excluding carboxylic acids is 1. The summed E-state index contributed by atoms with van der Waals surface area (Å²) in [6.45, 7) is 4.37. The highest BCUT2D eigenvalue weighted by Crippen LogP contribution is 2.31. The fourth-order valence-electron chi connectivity index (χ4n) is 3.14. The summed E-state index contributed by atoms with van der Waals surface area (Å²) >= 11 is 3.56. The molecule has 7 heteroatoms. The minimum Gasteiger partial charge on any atom is -0.348 e. The van der Waals surface area contributed by atoms with E-state index in [1.807, 2.05) is 19.3 Å². The molecule has 0 radical (unpaired) electrons. The Hall–Kier alpha value is -1.47. The van der Waals surface area contributed by atoms with Crippen LogP contribution in [0.15, 0.2) is 17.0 Å². The molecule has 0 N–H and O–H groups in total. The zero-order valence-corrected chi connectivity index (χ0v) is 15.4. The number of imidazole rings is 1. The van der Waals surface area contributed by atoms with Crippen molar-refractivity contribution in [2.24, 2.45) is 0 Å². The second-order valence-electron chi connectivity index (χ2n) is 6.33. The fraction of sp³-hybridized carbons (Fsp3) is 0.562. The molecule has 1 fully saturated rings. The molecule has 2 aromatic heterocycles. The van der Waals surface area contributed by atoms with Gasteiger partial charge in [-0.25, -0.2) is 4.98 Å². The molecule has 0 spiro atoms. The second kappa shape index (κ2) is 6.57. The number of likely N-dealkylation sites (N-methyl/N-ethyl adjacent to an activating group) is 1. The summed E-state index contributed by atoms with van der Waals surface area (Å²) in [5.74, 6) is 1.68. The molecule has 1 saturated heterocycles. The van der Waals surface area contributed by atoms with Crippen LogP contribution in [0.2, 0.25) is 0 Å². The number of aromatic nitrogens is 3. The van der Waals surface area contributed by atoms with Crippen molar-refractivity contribution in [2.45, 2.75) is 25.7 Å². The average molecular weight is 380 g/mol. The second-order valence-corrected chi connectivity index (χ2v) is 7.08. The molecule has 3 rings (SSSR count). The quantitative estimate of drug-likeness (QED) is 0.818. The van der Waals surface area contributed by atoms with Crippen molar-refractivity contribution >= 4 is 27.4 Å². The summed E-state index contributed by atoms with van der Waals surface area (Å²) in [6.07, 6.45) is 5.85. The number of hydrogen-bond donors (Lipinski definition) is 0. The summed E-state index contributed by atoms with van der Waals surface area (Å²) < 4.78 is 3.01. The summed E-state index contributed by atoms with van der Waals surface area (Å²) in [6, 6.07) is 0. The third kappa shape index (κ3) is 3.26. The van der Waals surface area contributed by atoms with Gasteiger partial charge in [-0.05, 0) is 48.8 Å². The molecule has 3 heterocycles. The van der Waals surface area contributed by atoms with Crippen LogP contribution in [-0.4, -0.2) is 63.8 Å². The number of rotatable bonds is 3. The molecule has 0 aromatic carbocycles. The molecule has 6 nitrogen and oxygen atoms in total. The standard InChI is InChI=1S/C16H22BrN5O/c1-11-14-15(17)19-16(22(14)9-6-18-11)12-4-7-21(8-5-12)10-13(23)20(2)3/h6,9,12H,4-5,7-8,10H2,1-3H3. The maximum absolute atomic E-state index is 11.8. The van der Waals surface area contributed by atoms with Gasteiger partial charge in [-0.2, -0.15) is 0 Å². The Morgan fingerprint density at radius 2 is 2.09 bits per heavy atom. The highest BCUT2D eigenvalue weighted by Gasteiger charge is 2.26. The normalized spacial score (nSPS) is 16.9. The predicted octanol–water partition coefficient (Wildman–Crippen LogP) is 2.07. The smallest absolute Gasteiger partial charge is 0.236 e. The van der Waals surface area contributed by atoms with Crippen molar-refractivity contribution in [2.75, 3.05) is 33.7 Å². The number of aryl methyl sites for hydroxylation is 1. The van der Waals surface area contributed by atoms with E-state index in [1.165, 1.54) is 0 Å². The third-order valence-electron chi connectivity index (χ3n) is 4.53. The van der Waals surface area contributed by atoms with Gasteiger partial charge in [0.2, 0.25) is 5.91 Å². The number of nitrogens with zero attached hydrogens (tertiary/aromatic N) is 5. The zero-order valence-electron chi connectivity index (χ0n) is 13.8. The van der Waals surface area contributed by atoms with Gasteiger partial charge in [0.05, 0.1) is 12.2 Å². The SMILES string of the molecule is Cc1nccn2c(C3CCN(CC(=O)N(C)C)CC3)nc(Br)c12. The number of likely N-dealkylation sites (tertiary alicyclic amines) is 1. The number of piperidine rings is 1. The molecule has 0 atom stereocenters. The van der Waals surface area contributed by atoms with Gasteiger partial charge in [-0.15, -0.1) is 0 Å². The predicted molar refractivity (Wildman–Crippen MR) is 92.5 cm³/mol. The monoisotopic (exact) mass is 379 g/mol. The number of halogens is 1. The van der Waals surface area contributed by atoms with Crippen molar-refractivity contribution in [3.63, 3.8) is 0 Å². The minimum absolute atomic E-state index is 0.166. The van der Waals surface area contributed by atoms with Gasteiger partial charge < -0.3 is 4.90 Å². The Bertz CT molecular complexity index is 719. The van der Waals surface area contributed by atoms with Crippen molar-refractivity contribution in [3.05, 3.63) is 28.5 Å². The maximum atomic E-state index is 11.8. The maximum Gasteiger partial charge on any atom is 0.236 e. The van der Waals surface area contributed by atoms with Crippen molar-refractivity contribution in [3.8, 4) is 0 Å². The van der Waals surface area contributed by atoms with Crippen LogP contribution in [0.3, 0.4) is 0 Å². The van der Waals surface area contributed by atoms with Gasteiger partial charge in [0.25, 0.3) is 0 Å². The molecule has 1 aliphatic rings. The van der Waals surface area contributed by atoms with E-state index in [1.54, 1.807) is 19.0 Å². The lowest BCUT2D eigenvalue weighted by Gasteiger charge is -2.31. The molecule has 23 heavy (non-hydrogen) atoms. The molecule has 2 aromatic rings. The van der Waals surface area contributed by atoms with Gasteiger partial charge in [-0.3, -0.25) is 19.1 Å². The van der Waals surface area contributed by atoms with E-state index in [0.29, 0.717) is 12.5 Å². The van der Waals surface area contributed by atoms with Gasteiger partial charge >= 0.3 is 0 Å². The topological polar surface area (TPSA) is 53.7 Å².